The Kier molecular flexibility index (Phi) is 4.91. The molecule has 0 radical (unpaired) electrons. The Balaban J connectivity index is 1.84. The number of benzene rings is 1. The minimum atomic E-state index is -0.361. The van der Waals surface area contributed by atoms with Gasteiger partial charge in [0.25, 0.3) is 0 Å². The van der Waals surface area contributed by atoms with E-state index in [4.69, 9.17) is 21.6 Å². The third-order valence-electron chi connectivity index (χ3n) is 3.46. The number of nitrogens with zero attached hydrogens (tertiary/aromatic N) is 1. The van der Waals surface area contributed by atoms with Crippen LogP contribution in [0.15, 0.2) is 18.2 Å². The van der Waals surface area contributed by atoms with Crippen molar-refractivity contribution in [3.63, 3.8) is 0 Å². The molecule has 3 nitrogen and oxygen atoms in total. The number of nitriles is 1. The first-order chi connectivity index (χ1) is 9.50. The molecule has 108 valence electrons. The Hall–Kier alpha value is -1.24. The van der Waals surface area contributed by atoms with Crippen LogP contribution in [0, 0.1) is 16.7 Å². The molecule has 0 aliphatic heterocycles. The molecule has 2 rings (SSSR count). The van der Waals surface area contributed by atoms with Gasteiger partial charge in [-0.05, 0) is 50.8 Å². The Morgan fingerprint density at radius 1 is 1.45 bits per heavy atom. The fourth-order valence-corrected chi connectivity index (χ4v) is 2.05. The molecule has 0 atom stereocenters. The smallest absolute Gasteiger partial charge is 0.137 e. The zero-order chi connectivity index (χ0) is 14.6. The molecule has 20 heavy (non-hydrogen) atoms. The zero-order valence-corrected chi connectivity index (χ0v) is 12.8. The van der Waals surface area contributed by atoms with E-state index in [0.717, 1.165) is 6.54 Å². The molecule has 1 aliphatic carbocycles. The van der Waals surface area contributed by atoms with Crippen LogP contribution in [0.25, 0.3) is 0 Å². The van der Waals surface area contributed by atoms with E-state index in [1.54, 1.807) is 0 Å². The van der Waals surface area contributed by atoms with Crippen LogP contribution in [0.1, 0.15) is 38.7 Å². The van der Waals surface area contributed by atoms with E-state index in [-0.39, 0.29) is 5.41 Å². The van der Waals surface area contributed by atoms with E-state index in [2.05, 4.69) is 11.4 Å². The van der Waals surface area contributed by atoms with E-state index in [9.17, 15) is 0 Å². The molecule has 0 bridgehead atoms. The van der Waals surface area contributed by atoms with Crippen molar-refractivity contribution in [3.05, 3.63) is 28.8 Å². The quantitative estimate of drug-likeness (QED) is 0.829. The Labute approximate surface area is 125 Å². The highest BCUT2D eigenvalue weighted by Gasteiger charge is 2.20. The second kappa shape index (κ2) is 6.47. The molecule has 0 saturated heterocycles. The summed E-state index contributed by atoms with van der Waals surface area (Å²) in [5, 5.41) is 13.0. The van der Waals surface area contributed by atoms with Gasteiger partial charge in [0.2, 0.25) is 0 Å². The molecule has 1 saturated carbocycles. The van der Waals surface area contributed by atoms with E-state index < -0.39 is 0 Å². The maximum Gasteiger partial charge on any atom is 0.137 e. The molecule has 1 aliphatic rings. The van der Waals surface area contributed by atoms with E-state index in [1.807, 2.05) is 32.0 Å². The number of hydrogen-bond acceptors (Lipinski definition) is 3. The number of hydrogen-bond donors (Lipinski definition) is 1. The first-order valence-corrected chi connectivity index (χ1v) is 7.44. The van der Waals surface area contributed by atoms with E-state index in [1.165, 1.54) is 18.4 Å². The van der Waals surface area contributed by atoms with Gasteiger partial charge in [0.15, 0.2) is 0 Å². The van der Waals surface area contributed by atoms with Crippen molar-refractivity contribution in [2.45, 2.75) is 45.7 Å². The first-order valence-electron chi connectivity index (χ1n) is 7.06. The molecular formula is C16H21ClN2O. The van der Waals surface area contributed by atoms with Crippen LogP contribution in [0.3, 0.4) is 0 Å². The van der Waals surface area contributed by atoms with Crippen LogP contribution in [-0.2, 0) is 6.54 Å². The maximum absolute atomic E-state index is 8.95. The van der Waals surface area contributed by atoms with Gasteiger partial charge in [0.05, 0.1) is 23.1 Å². The average Bonchev–Trinajstić information content (AvgIpc) is 3.23. The lowest BCUT2D eigenvalue weighted by Crippen LogP contribution is -2.15. The molecule has 1 N–H and O–H groups in total. The van der Waals surface area contributed by atoms with Crippen LogP contribution < -0.4 is 10.1 Å². The highest BCUT2D eigenvalue weighted by Crippen LogP contribution is 2.27. The van der Waals surface area contributed by atoms with Crippen molar-refractivity contribution in [1.29, 1.82) is 5.26 Å². The van der Waals surface area contributed by atoms with Gasteiger partial charge in [0.1, 0.15) is 5.75 Å². The van der Waals surface area contributed by atoms with Gasteiger partial charge in [-0.25, -0.2) is 0 Å². The SMILES string of the molecule is CC(C)(C#N)CCOc1ccc(CNC2CC2)cc1Cl. The van der Waals surface area contributed by atoms with Crippen molar-refractivity contribution in [2.24, 2.45) is 5.41 Å². The van der Waals surface area contributed by atoms with Crippen molar-refractivity contribution >= 4 is 11.6 Å². The lowest BCUT2D eigenvalue weighted by Gasteiger charge is -2.16. The molecule has 0 unspecified atom stereocenters. The normalized spacial score (nSPS) is 14.9. The standard InChI is InChI=1S/C16H21ClN2O/c1-16(2,11-18)7-8-20-15-6-3-12(9-14(15)17)10-19-13-4-5-13/h3,6,9,13,19H,4-5,7-8,10H2,1-2H3. The number of halogens is 1. The summed E-state index contributed by atoms with van der Waals surface area (Å²) in [6.45, 7) is 5.17. The Morgan fingerprint density at radius 2 is 2.20 bits per heavy atom. The van der Waals surface area contributed by atoms with Gasteiger partial charge in [-0.1, -0.05) is 17.7 Å². The van der Waals surface area contributed by atoms with Gasteiger partial charge >= 0.3 is 0 Å². The molecule has 4 heteroatoms. The lowest BCUT2D eigenvalue weighted by molar-refractivity contribution is 0.264. The highest BCUT2D eigenvalue weighted by molar-refractivity contribution is 6.32. The maximum atomic E-state index is 8.95. The highest BCUT2D eigenvalue weighted by atomic mass is 35.5. The first kappa shape index (κ1) is 15.2. The summed E-state index contributed by atoms with van der Waals surface area (Å²) in [6.07, 6.45) is 3.25. The van der Waals surface area contributed by atoms with Crippen LogP contribution in [0.2, 0.25) is 5.02 Å². The number of ether oxygens (including phenoxy) is 1. The largest absolute Gasteiger partial charge is 0.492 e. The Bertz CT molecular complexity index is 504. The van der Waals surface area contributed by atoms with Crippen molar-refractivity contribution in [2.75, 3.05) is 6.61 Å². The number of rotatable bonds is 7. The monoisotopic (exact) mass is 292 g/mol. The zero-order valence-electron chi connectivity index (χ0n) is 12.1. The van der Waals surface area contributed by atoms with Gasteiger partial charge in [-0.2, -0.15) is 5.26 Å². The topological polar surface area (TPSA) is 45.0 Å². The van der Waals surface area contributed by atoms with Gasteiger partial charge < -0.3 is 10.1 Å². The van der Waals surface area contributed by atoms with Crippen LogP contribution in [-0.4, -0.2) is 12.6 Å². The second-order valence-corrected chi connectivity index (χ2v) is 6.42. The lowest BCUT2D eigenvalue weighted by atomic mass is 9.92. The molecule has 0 spiro atoms. The van der Waals surface area contributed by atoms with Gasteiger partial charge in [-0.3, -0.25) is 0 Å². The molecule has 0 amide bonds. The molecule has 0 aromatic heterocycles. The van der Waals surface area contributed by atoms with Crippen LogP contribution in [0.5, 0.6) is 5.75 Å². The average molecular weight is 293 g/mol. The summed E-state index contributed by atoms with van der Waals surface area (Å²) < 4.78 is 5.66. The van der Waals surface area contributed by atoms with Crippen molar-refractivity contribution in [1.82, 2.24) is 5.32 Å². The summed E-state index contributed by atoms with van der Waals surface area (Å²) in [5.74, 6) is 0.690. The van der Waals surface area contributed by atoms with E-state index in [0.29, 0.717) is 29.8 Å². The van der Waals surface area contributed by atoms with Gasteiger partial charge in [-0.15, -0.1) is 0 Å². The summed E-state index contributed by atoms with van der Waals surface area (Å²) in [6, 6.07) is 8.84. The Morgan fingerprint density at radius 3 is 2.80 bits per heavy atom. The van der Waals surface area contributed by atoms with Crippen LogP contribution >= 0.6 is 11.6 Å². The predicted octanol–water partition coefficient (Wildman–Crippen LogP) is 3.91. The third kappa shape index (κ3) is 4.70. The minimum Gasteiger partial charge on any atom is -0.492 e. The van der Waals surface area contributed by atoms with E-state index >= 15 is 0 Å². The summed E-state index contributed by atoms with van der Waals surface area (Å²) >= 11 is 6.23. The molecule has 0 heterocycles. The second-order valence-electron chi connectivity index (χ2n) is 6.01. The predicted molar refractivity (Wildman–Crippen MR) is 80.8 cm³/mol. The van der Waals surface area contributed by atoms with Gasteiger partial charge in [0, 0.05) is 12.6 Å². The van der Waals surface area contributed by atoms with Crippen molar-refractivity contribution < 1.29 is 4.74 Å². The fourth-order valence-electron chi connectivity index (χ4n) is 1.79. The molecule has 1 aromatic carbocycles. The fraction of sp³-hybridized carbons (Fsp3) is 0.562. The summed E-state index contributed by atoms with van der Waals surface area (Å²) in [4.78, 5) is 0. The molecular weight excluding hydrogens is 272 g/mol. The molecule has 1 fully saturated rings. The van der Waals surface area contributed by atoms with Crippen LogP contribution in [0.4, 0.5) is 0 Å². The number of nitrogens with one attached hydrogen (secondary N) is 1. The van der Waals surface area contributed by atoms with Crippen molar-refractivity contribution in [3.8, 4) is 11.8 Å². The summed E-state index contributed by atoms with van der Waals surface area (Å²) in [7, 11) is 0. The third-order valence-corrected chi connectivity index (χ3v) is 3.75. The summed E-state index contributed by atoms with van der Waals surface area (Å²) in [5.41, 5.74) is 0.812. The minimum absolute atomic E-state index is 0.361. The molecule has 1 aromatic rings.